The second kappa shape index (κ2) is 12.1. The van der Waals surface area contributed by atoms with E-state index in [1.165, 1.54) is 12.1 Å². The maximum Gasteiger partial charge on any atom is 0.306 e. The fourth-order valence-electron chi connectivity index (χ4n) is 6.01. The lowest BCUT2D eigenvalue weighted by atomic mass is 9.87. The van der Waals surface area contributed by atoms with Crippen LogP contribution >= 0.6 is 11.6 Å². The van der Waals surface area contributed by atoms with Crippen LogP contribution in [0.25, 0.3) is 6.08 Å². The van der Waals surface area contributed by atoms with Gasteiger partial charge in [0, 0.05) is 43.5 Å². The zero-order chi connectivity index (χ0) is 28.4. The monoisotopic (exact) mass is 571 g/mol. The zero-order valence-electron chi connectivity index (χ0n) is 22.6. The number of rotatable bonds is 8. The molecule has 0 bridgehead atoms. The van der Waals surface area contributed by atoms with Crippen LogP contribution in [0.4, 0.5) is 10.1 Å². The SMILES string of the molecule is Cn1cc(C(=O)Nc2cc(F)c(CC(=O)N3CC[C@@H](CO[C@H]4CC[C@H](C(=O)O)CC4)C3)cc2Cl)c2c1CCC=C2. The third-order valence-electron chi connectivity index (χ3n) is 8.38. The van der Waals surface area contributed by atoms with Crippen LogP contribution in [0.2, 0.25) is 5.02 Å². The van der Waals surface area contributed by atoms with Gasteiger partial charge in [0.05, 0.1) is 41.3 Å². The van der Waals surface area contributed by atoms with Crippen LogP contribution < -0.4 is 5.32 Å². The van der Waals surface area contributed by atoms with Crippen molar-refractivity contribution >= 4 is 41.1 Å². The molecule has 1 saturated carbocycles. The lowest BCUT2D eigenvalue weighted by Gasteiger charge is -2.27. The quantitative estimate of drug-likeness (QED) is 0.460. The minimum absolute atomic E-state index is 0.0689. The zero-order valence-corrected chi connectivity index (χ0v) is 23.4. The number of benzene rings is 1. The number of fused-ring (bicyclic) bond motifs is 1. The predicted octanol–water partition coefficient (Wildman–Crippen LogP) is 5.08. The minimum Gasteiger partial charge on any atom is -0.481 e. The average molecular weight is 572 g/mol. The number of allylic oxidation sites excluding steroid dienone is 1. The number of nitrogens with one attached hydrogen (secondary N) is 1. The maximum absolute atomic E-state index is 15.0. The Balaban J connectivity index is 1.13. The lowest BCUT2D eigenvalue weighted by molar-refractivity contribution is -0.143. The number of carbonyl (C=O) groups is 3. The van der Waals surface area contributed by atoms with Crippen molar-refractivity contribution in [3.05, 3.63) is 57.6 Å². The Kier molecular flexibility index (Phi) is 8.61. The molecule has 1 aliphatic heterocycles. The van der Waals surface area contributed by atoms with E-state index in [4.69, 9.17) is 21.4 Å². The van der Waals surface area contributed by atoms with E-state index in [0.717, 1.165) is 43.4 Å². The van der Waals surface area contributed by atoms with Crippen LogP contribution in [-0.4, -0.2) is 58.2 Å². The summed E-state index contributed by atoms with van der Waals surface area (Å²) in [7, 11) is 1.90. The number of hydrogen-bond acceptors (Lipinski definition) is 4. The van der Waals surface area contributed by atoms with Crippen molar-refractivity contribution in [2.24, 2.45) is 18.9 Å². The van der Waals surface area contributed by atoms with Gasteiger partial charge in [0.1, 0.15) is 5.82 Å². The van der Waals surface area contributed by atoms with Crippen LogP contribution in [0.3, 0.4) is 0 Å². The summed E-state index contributed by atoms with van der Waals surface area (Å²) >= 11 is 6.41. The van der Waals surface area contributed by atoms with Crippen LogP contribution in [0, 0.1) is 17.7 Å². The third kappa shape index (κ3) is 6.25. The second-order valence-electron chi connectivity index (χ2n) is 11.1. The van der Waals surface area contributed by atoms with Crippen molar-refractivity contribution in [1.29, 1.82) is 0 Å². The van der Waals surface area contributed by atoms with Gasteiger partial charge in [-0.3, -0.25) is 14.4 Å². The highest BCUT2D eigenvalue weighted by Gasteiger charge is 2.30. The summed E-state index contributed by atoms with van der Waals surface area (Å²) in [5.41, 5.74) is 2.79. The first-order valence-corrected chi connectivity index (χ1v) is 14.3. The highest BCUT2D eigenvalue weighted by atomic mass is 35.5. The molecule has 214 valence electrons. The van der Waals surface area contributed by atoms with Gasteiger partial charge in [-0.2, -0.15) is 0 Å². The summed E-state index contributed by atoms with van der Waals surface area (Å²) in [5.74, 6) is -1.95. The van der Waals surface area contributed by atoms with Gasteiger partial charge < -0.3 is 24.6 Å². The molecular weight excluding hydrogens is 537 g/mol. The number of carboxylic acid groups (broad SMARTS) is 1. The smallest absolute Gasteiger partial charge is 0.306 e. The van der Waals surface area contributed by atoms with Crippen molar-refractivity contribution in [2.75, 3.05) is 25.0 Å². The molecule has 2 fully saturated rings. The van der Waals surface area contributed by atoms with Crippen molar-refractivity contribution in [3.8, 4) is 0 Å². The number of anilines is 1. The van der Waals surface area contributed by atoms with E-state index in [1.807, 2.05) is 23.8 Å². The van der Waals surface area contributed by atoms with Gasteiger partial charge in [0.25, 0.3) is 5.91 Å². The number of aryl methyl sites for hydroxylation is 1. The molecule has 40 heavy (non-hydrogen) atoms. The number of aromatic nitrogens is 1. The molecule has 0 radical (unpaired) electrons. The molecule has 2 aromatic rings. The van der Waals surface area contributed by atoms with Crippen LogP contribution in [0.15, 0.2) is 24.4 Å². The van der Waals surface area contributed by atoms with Crippen molar-refractivity contribution in [2.45, 2.75) is 57.5 Å². The Morgan fingerprint density at radius 1 is 1.18 bits per heavy atom. The van der Waals surface area contributed by atoms with Gasteiger partial charge in [-0.25, -0.2) is 4.39 Å². The highest BCUT2D eigenvalue weighted by molar-refractivity contribution is 6.34. The highest BCUT2D eigenvalue weighted by Crippen LogP contribution is 2.30. The molecule has 1 saturated heterocycles. The second-order valence-corrected chi connectivity index (χ2v) is 11.6. The largest absolute Gasteiger partial charge is 0.481 e. The first kappa shape index (κ1) is 28.4. The first-order valence-electron chi connectivity index (χ1n) is 14.0. The van der Waals surface area contributed by atoms with Gasteiger partial charge >= 0.3 is 5.97 Å². The molecule has 0 unspecified atom stereocenters. The van der Waals surface area contributed by atoms with Crippen LogP contribution in [-0.2, 0) is 34.2 Å². The van der Waals surface area contributed by atoms with Crippen molar-refractivity contribution in [3.63, 3.8) is 0 Å². The number of amides is 2. The van der Waals surface area contributed by atoms with Crippen molar-refractivity contribution < 1.29 is 28.6 Å². The van der Waals surface area contributed by atoms with Crippen LogP contribution in [0.1, 0.15) is 65.7 Å². The molecule has 2 N–H and O–H groups in total. The van der Waals surface area contributed by atoms with E-state index in [0.29, 0.717) is 38.1 Å². The fraction of sp³-hybridized carbons (Fsp3) is 0.500. The van der Waals surface area contributed by atoms with Gasteiger partial charge in [0.15, 0.2) is 0 Å². The number of nitrogens with zero attached hydrogens (tertiary/aromatic N) is 2. The van der Waals surface area contributed by atoms with Crippen LogP contribution in [0.5, 0.6) is 0 Å². The number of likely N-dealkylation sites (tertiary alicyclic amines) is 1. The van der Waals surface area contributed by atoms with Crippen molar-refractivity contribution in [1.82, 2.24) is 9.47 Å². The summed E-state index contributed by atoms with van der Waals surface area (Å²) in [6.07, 6.45) is 11.0. The number of aliphatic carboxylic acids is 1. The number of carbonyl (C=O) groups excluding carboxylic acids is 2. The van der Waals surface area contributed by atoms with Gasteiger partial charge in [-0.1, -0.05) is 23.8 Å². The lowest BCUT2D eigenvalue weighted by Crippen LogP contribution is -2.31. The molecule has 10 heteroatoms. The molecule has 1 aromatic heterocycles. The Labute approximate surface area is 238 Å². The summed E-state index contributed by atoms with van der Waals surface area (Å²) in [5, 5.41) is 12.0. The Morgan fingerprint density at radius 2 is 1.95 bits per heavy atom. The van der Waals surface area contributed by atoms with Gasteiger partial charge in [-0.15, -0.1) is 0 Å². The fourth-order valence-corrected chi connectivity index (χ4v) is 6.25. The number of hydrogen-bond donors (Lipinski definition) is 2. The van der Waals surface area contributed by atoms with Gasteiger partial charge in [-0.05, 0) is 62.6 Å². The average Bonchev–Trinajstić information content (AvgIpc) is 3.55. The van der Waals surface area contributed by atoms with E-state index in [-0.39, 0.29) is 52.4 Å². The molecular formula is C30H35ClFN3O5. The molecule has 1 atom stereocenters. The number of carboxylic acids is 1. The minimum atomic E-state index is -0.733. The molecule has 2 aliphatic carbocycles. The van der Waals surface area contributed by atoms with E-state index in [1.54, 1.807) is 11.1 Å². The normalized spacial score (nSPS) is 22.3. The molecule has 2 heterocycles. The summed E-state index contributed by atoms with van der Waals surface area (Å²) in [6, 6.07) is 2.59. The summed E-state index contributed by atoms with van der Waals surface area (Å²) in [4.78, 5) is 38.8. The molecule has 3 aliphatic rings. The molecule has 0 spiro atoms. The van der Waals surface area contributed by atoms with Gasteiger partial charge in [0.2, 0.25) is 5.91 Å². The maximum atomic E-state index is 15.0. The molecule has 8 nitrogen and oxygen atoms in total. The van der Waals surface area contributed by atoms with E-state index in [9.17, 15) is 14.4 Å². The Morgan fingerprint density at radius 3 is 2.70 bits per heavy atom. The Bertz CT molecular complexity index is 1330. The number of ether oxygens (including phenoxy) is 1. The molecule has 5 rings (SSSR count). The van der Waals surface area contributed by atoms with E-state index >= 15 is 4.39 Å². The summed E-state index contributed by atoms with van der Waals surface area (Å²) < 4.78 is 23.0. The Hall–Kier alpha value is -3.17. The first-order chi connectivity index (χ1) is 19.2. The standard InChI is InChI=1S/C30H35ClFN3O5/c1-34-16-23(22-4-2-3-5-27(22)34)29(37)33-26-14-25(32)20(12-24(26)31)13-28(36)35-11-10-18(15-35)17-40-21-8-6-19(7-9-21)30(38)39/h2,4,12,14,16,18-19,21H,3,5-11,13,15,17H2,1H3,(H,33,37)(H,38,39)/t18-,19-,21-/m1/s1. The topological polar surface area (TPSA) is 101 Å². The summed E-state index contributed by atoms with van der Waals surface area (Å²) in [6.45, 7) is 1.65. The van der Waals surface area contributed by atoms with E-state index < -0.39 is 11.8 Å². The predicted molar refractivity (Wildman–Crippen MR) is 150 cm³/mol. The number of halogens is 2. The molecule has 1 aromatic carbocycles. The third-order valence-corrected chi connectivity index (χ3v) is 8.69. The van der Waals surface area contributed by atoms with E-state index in [2.05, 4.69) is 5.32 Å². The molecule has 2 amide bonds.